The Kier molecular flexibility index (Phi) is 8.02. The summed E-state index contributed by atoms with van der Waals surface area (Å²) in [6.45, 7) is 8.15. The van der Waals surface area contributed by atoms with E-state index in [4.69, 9.17) is 0 Å². The van der Waals surface area contributed by atoms with Gasteiger partial charge in [-0.15, -0.1) is 0 Å². The number of fused-ring (bicyclic) bond motifs is 2. The standard InChI is InChI=1S/C40H40N6O2/c1-25-17-28-11-9-10-12-30(28)24-45(25)39(47)36-19-31-23-42-16-15-29(31)18-35(36)38-21-34(26(2)44(38)5)40(48)46(32-13-7-6-8-14-32)37-20-33(22-41)43(4)27(37)3/h6-14,18-21,25,42H,15-17,23-24H2,1-5H3/t25-/m1/s1. The number of hydrogen-bond donors (Lipinski definition) is 1. The Bertz CT molecular complexity index is 2120. The molecule has 0 radical (unpaired) electrons. The van der Waals surface area contributed by atoms with Crippen molar-refractivity contribution in [3.05, 3.63) is 129 Å². The smallest absolute Gasteiger partial charge is 0.264 e. The number of nitrogens with zero attached hydrogens (tertiary/aromatic N) is 5. The molecule has 3 aromatic carbocycles. The number of nitrogens with one attached hydrogen (secondary N) is 1. The van der Waals surface area contributed by atoms with Crippen LogP contribution in [0.2, 0.25) is 0 Å². The molecule has 0 bridgehead atoms. The van der Waals surface area contributed by atoms with Crippen LogP contribution in [0, 0.1) is 25.2 Å². The number of amides is 2. The van der Waals surface area contributed by atoms with E-state index in [9.17, 15) is 14.9 Å². The normalized spacial score (nSPS) is 15.4. The molecule has 0 saturated carbocycles. The first-order chi connectivity index (χ1) is 23.2. The van der Waals surface area contributed by atoms with Gasteiger partial charge in [0.15, 0.2) is 0 Å². The quantitative estimate of drug-likeness (QED) is 0.232. The molecule has 48 heavy (non-hydrogen) atoms. The molecule has 8 nitrogen and oxygen atoms in total. The van der Waals surface area contributed by atoms with E-state index >= 15 is 0 Å². The first-order valence-electron chi connectivity index (χ1n) is 16.5. The molecule has 4 heterocycles. The molecule has 8 heteroatoms. The lowest BCUT2D eigenvalue weighted by molar-refractivity contribution is 0.0658. The molecule has 0 aliphatic carbocycles. The van der Waals surface area contributed by atoms with Gasteiger partial charge in [0.1, 0.15) is 11.8 Å². The van der Waals surface area contributed by atoms with Crippen LogP contribution in [0.4, 0.5) is 11.4 Å². The van der Waals surface area contributed by atoms with Crippen molar-refractivity contribution in [1.29, 1.82) is 5.26 Å². The van der Waals surface area contributed by atoms with Crippen LogP contribution in [-0.2, 0) is 40.0 Å². The van der Waals surface area contributed by atoms with E-state index < -0.39 is 0 Å². The van der Waals surface area contributed by atoms with Crippen molar-refractivity contribution in [2.24, 2.45) is 14.1 Å². The van der Waals surface area contributed by atoms with Crippen molar-refractivity contribution in [3.63, 3.8) is 0 Å². The Balaban J connectivity index is 1.35. The monoisotopic (exact) mass is 636 g/mol. The van der Waals surface area contributed by atoms with Crippen molar-refractivity contribution in [3.8, 4) is 17.3 Å². The van der Waals surface area contributed by atoms with Crippen molar-refractivity contribution in [2.75, 3.05) is 11.4 Å². The molecule has 1 N–H and O–H groups in total. The number of nitriles is 1. The summed E-state index contributed by atoms with van der Waals surface area (Å²) in [6, 6.07) is 28.2. The Labute approximate surface area is 281 Å². The zero-order chi connectivity index (χ0) is 33.7. The average Bonchev–Trinajstić information content (AvgIpc) is 3.56. The summed E-state index contributed by atoms with van der Waals surface area (Å²) in [5.74, 6) is -0.197. The molecule has 242 valence electrons. The summed E-state index contributed by atoms with van der Waals surface area (Å²) in [4.78, 5) is 33.0. The molecule has 7 rings (SSSR count). The van der Waals surface area contributed by atoms with Crippen LogP contribution in [0.25, 0.3) is 11.3 Å². The second-order valence-corrected chi connectivity index (χ2v) is 13.1. The highest BCUT2D eigenvalue weighted by molar-refractivity contribution is 6.13. The number of anilines is 2. The Morgan fingerprint density at radius 2 is 1.58 bits per heavy atom. The van der Waals surface area contributed by atoms with E-state index in [0.717, 1.165) is 54.1 Å². The average molecular weight is 637 g/mol. The fourth-order valence-electron chi connectivity index (χ4n) is 7.28. The van der Waals surface area contributed by atoms with Gasteiger partial charge in [-0.2, -0.15) is 5.26 Å². The van der Waals surface area contributed by atoms with Crippen LogP contribution in [0.5, 0.6) is 0 Å². The lowest BCUT2D eigenvalue weighted by atomic mass is 9.90. The lowest BCUT2D eigenvalue weighted by Crippen LogP contribution is -2.43. The zero-order valence-electron chi connectivity index (χ0n) is 28.2. The van der Waals surface area contributed by atoms with Gasteiger partial charge in [0.05, 0.1) is 11.3 Å². The van der Waals surface area contributed by atoms with Crippen LogP contribution < -0.4 is 10.2 Å². The van der Waals surface area contributed by atoms with Crippen LogP contribution in [0.1, 0.15) is 67.0 Å². The minimum Gasteiger partial charge on any atom is -0.347 e. The number of para-hydroxylation sites is 1. The van der Waals surface area contributed by atoms with Crippen molar-refractivity contribution >= 4 is 23.2 Å². The van der Waals surface area contributed by atoms with Crippen molar-refractivity contribution in [1.82, 2.24) is 19.4 Å². The lowest BCUT2D eigenvalue weighted by Gasteiger charge is -2.35. The van der Waals surface area contributed by atoms with Gasteiger partial charge in [0, 0.05) is 67.1 Å². The molecule has 0 unspecified atom stereocenters. The molecule has 1 atom stereocenters. The fourth-order valence-corrected chi connectivity index (χ4v) is 7.28. The molecule has 2 aliphatic rings. The van der Waals surface area contributed by atoms with E-state index in [-0.39, 0.29) is 17.9 Å². The van der Waals surface area contributed by atoms with Gasteiger partial charge in [-0.1, -0.05) is 42.5 Å². The predicted octanol–water partition coefficient (Wildman–Crippen LogP) is 6.73. The highest BCUT2D eigenvalue weighted by Crippen LogP contribution is 2.37. The van der Waals surface area contributed by atoms with Crippen LogP contribution in [-0.4, -0.2) is 38.4 Å². The third-order valence-electron chi connectivity index (χ3n) is 10.3. The van der Waals surface area contributed by atoms with Gasteiger partial charge in [-0.05, 0) is 98.8 Å². The summed E-state index contributed by atoms with van der Waals surface area (Å²) in [6.07, 6.45) is 1.68. The highest BCUT2D eigenvalue weighted by Gasteiger charge is 2.32. The minimum atomic E-state index is -0.199. The van der Waals surface area contributed by atoms with Gasteiger partial charge in [0.25, 0.3) is 11.8 Å². The van der Waals surface area contributed by atoms with Crippen molar-refractivity contribution in [2.45, 2.75) is 52.7 Å². The largest absolute Gasteiger partial charge is 0.347 e. The molecule has 2 amide bonds. The molecule has 5 aromatic rings. The molecular formula is C40H40N6O2. The van der Waals surface area contributed by atoms with Gasteiger partial charge < -0.3 is 19.4 Å². The van der Waals surface area contributed by atoms with E-state index in [1.165, 1.54) is 16.7 Å². The number of benzene rings is 3. The first-order valence-corrected chi connectivity index (χ1v) is 16.5. The maximum absolute atomic E-state index is 14.7. The summed E-state index contributed by atoms with van der Waals surface area (Å²) < 4.78 is 3.84. The Morgan fingerprint density at radius 1 is 0.854 bits per heavy atom. The molecule has 2 aliphatic heterocycles. The summed E-state index contributed by atoms with van der Waals surface area (Å²) in [5.41, 5.74) is 11.1. The van der Waals surface area contributed by atoms with E-state index in [2.05, 4.69) is 48.6 Å². The summed E-state index contributed by atoms with van der Waals surface area (Å²) in [5, 5.41) is 13.2. The molecule has 0 spiro atoms. The van der Waals surface area contributed by atoms with E-state index in [1.54, 1.807) is 11.0 Å². The van der Waals surface area contributed by atoms with Gasteiger partial charge in [-0.3, -0.25) is 14.5 Å². The molecule has 0 saturated heterocycles. The number of aromatic nitrogens is 2. The number of rotatable bonds is 5. The predicted molar refractivity (Wildman–Crippen MR) is 188 cm³/mol. The first kappa shape index (κ1) is 31.2. The number of carbonyl (C=O) groups is 2. The topological polar surface area (TPSA) is 86.3 Å². The third kappa shape index (κ3) is 5.21. The van der Waals surface area contributed by atoms with Crippen LogP contribution >= 0.6 is 0 Å². The third-order valence-corrected chi connectivity index (χ3v) is 10.3. The zero-order valence-corrected chi connectivity index (χ0v) is 28.2. The van der Waals surface area contributed by atoms with Crippen LogP contribution in [0.15, 0.2) is 78.9 Å². The Hall–Kier alpha value is -5.39. The van der Waals surface area contributed by atoms with Gasteiger partial charge in [-0.25, -0.2) is 0 Å². The molecule has 0 fully saturated rings. The second-order valence-electron chi connectivity index (χ2n) is 13.1. The van der Waals surface area contributed by atoms with Crippen LogP contribution in [0.3, 0.4) is 0 Å². The molecular weight excluding hydrogens is 596 g/mol. The van der Waals surface area contributed by atoms with E-state index in [0.29, 0.717) is 34.7 Å². The molecule has 2 aromatic heterocycles. The van der Waals surface area contributed by atoms with Gasteiger partial charge in [0.2, 0.25) is 0 Å². The van der Waals surface area contributed by atoms with E-state index in [1.807, 2.05) is 84.4 Å². The number of hydrogen-bond acceptors (Lipinski definition) is 4. The number of carbonyl (C=O) groups excluding carboxylic acids is 2. The maximum Gasteiger partial charge on any atom is 0.264 e. The fraction of sp³-hybridized carbons (Fsp3) is 0.275. The Morgan fingerprint density at radius 3 is 2.31 bits per heavy atom. The summed E-state index contributed by atoms with van der Waals surface area (Å²) >= 11 is 0. The summed E-state index contributed by atoms with van der Waals surface area (Å²) in [7, 11) is 3.80. The minimum absolute atomic E-state index is 0.00182. The highest BCUT2D eigenvalue weighted by atomic mass is 16.2. The second kappa shape index (κ2) is 12.3. The van der Waals surface area contributed by atoms with Gasteiger partial charge >= 0.3 is 0 Å². The maximum atomic E-state index is 14.7. The van der Waals surface area contributed by atoms with Crippen molar-refractivity contribution < 1.29 is 9.59 Å². The SMILES string of the molecule is Cc1c(N(C(=O)c2cc(-c3cc4c(cc3C(=O)N3Cc5ccccc5C[C@H]3C)CNCC4)n(C)c2C)c2ccccc2)cc(C#N)n1C.